The molecular weight excluding hydrogens is 571 g/mol. The number of alkyl halides is 3. The number of hydrogen-bond acceptors (Lipinski definition) is 6. The quantitative estimate of drug-likeness (QED) is 0.170. The Bertz CT molecular complexity index is 1640. The fourth-order valence-corrected chi connectivity index (χ4v) is 5.77. The predicted octanol–water partition coefficient (Wildman–Crippen LogP) is 4.99. The van der Waals surface area contributed by atoms with Gasteiger partial charge in [0.05, 0.1) is 6.10 Å². The number of nitrogens with one attached hydrogen (secondary N) is 2. The summed E-state index contributed by atoms with van der Waals surface area (Å²) in [6.07, 6.45) is -4.82. The molecule has 2 atom stereocenters. The normalized spacial score (nSPS) is 13.6. The van der Waals surface area contributed by atoms with Gasteiger partial charge < -0.3 is 25.4 Å². The van der Waals surface area contributed by atoms with Gasteiger partial charge in [0.25, 0.3) is 0 Å². The first kappa shape index (κ1) is 31.1. The Morgan fingerprint density at radius 2 is 1.71 bits per heavy atom. The maximum Gasteiger partial charge on any atom is 0.402 e. The number of nitrogens with zero attached hydrogens (tertiary/aromatic N) is 1. The number of halogens is 3. The minimum atomic E-state index is -4.83. The van der Waals surface area contributed by atoms with Crippen molar-refractivity contribution in [3.05, 3.63) is 101 Å². The van der Waals surface area contributed by atoms with E-state index in [9.17, 15) is 36.6 Å². The van der Waals surface area contributed by atoms with Gasteiger partial charge in [0.15, 0.2) is 9.84 Å². The van der Waals surface area contributed by atoms with E-state index in [1.807, 2.05) is 55.5 Å². The number of fused-ring (bicyclic) bond motifs is 1. The Labute approximate surface area is 241 Å². The van der Waals surface area contributed by atoms with Crippen molar-refractivity contribution >= 4 is 32.4 Å². The van der Waals surface area contributed by atoms with Gasteiger partial charge in [-0.25, -0.2) is 13.2 Å². The number of anilines is 1. The molecule has 0 radical (unpaired) electrons. The third-order valence-electron chi connectivity index (χ3n) is 6.72. The van der Waals surface area contributed by atoms with Crippen LogP contribution in [0.3, 0.4) is 0 Å². The number of rotatable bonds is 13. The Morgan fingerprint density at radius 1 is 0.976 bits per heavy atom. The van der Waals surface area contributed by atoms with Crippen molar-refractivity contribution in [2.45, 2.75) is 38.2 Å². The second-order valence-electron chi connectivity index (χ2n) is 10.3. The second-order valence-corrected chi connectivity index (χ2v) is 12.3. The van der Waals surface area contributed by atoms with Crippen LogP contribution in [0.1, 0.15) is 40.2 Å². The molecule has 1 heterocycles. The van der Waals surface area contributed by atoms with Crippen LogP contribution < -0.4 is 10.6 Å². The van der Waals surface area contributed by atoms with Crippen LogP contribution in [-0.2, 0) is 22.8 Å². The van der Waals surface area contributed by atoms with Gasteiger partial charge in [0.2, 0.25) is 0 Å². The number of hydrogen-bond donors (Lipinski definition) is 4. The SMILES string of the molecule is CC(Cc1ccc2c(c1)cc(C(=O)O)n2Cc1cccc(NCS(=O)(=O)CC(F)(F)F)c1)NCC(O)c1ccccc1. The number of aromatic nitrogens is 1. The lowest BCUT2D eigenvalue weighted by molar-refractivity contribution is -0.106. The van der Waals surface area contributed by atoms with Gasteiger partial charge in [-0.15, -0.1) is 0 Å². The van der Waals surface area contributed by atoms with Crippen LogP contribution in [0, 0.1) is 0 Å². The van der Waals surface area contributed by atoms with Gasteiger partial charge in [0.1, 0.15) is 17.3 Å². The molecule has 8 nitrogen and oxygen atoms in total. The van der Waals surface area contributed by atoms with E-state index in [0.29, 0.717) is 29.7 Å². The first-order valence-electron chi connectivity index (χ1n) is 13.2. The van der Waals surface area contributed by atoms with Crippen LogP contribution in [0.15, 0.2) is 78.9 Å². The van der Waals surface area contributed by atoms with Gasteiger partial charge in [-0.2, -0.15) is 13.2 Å². The lowest BCUT2D eigenvalue weighted by atomic mass is 10.0. The third kappa shape index (κ3) is 8.57. The van der Waals surface area contributed by atoms with Crippen LogP contribution in [0.5, 0.6) is 0 Å². The molecular formula is C30H32F3N3O5S. The molecule has 4 aromatic rings. The first-order chi connectivity index (χ1) is 19.8. The molecule has 0 saturated carbocycles. The summed E-state index contributed by atoms with van der Waals surface area (Å²) < 4.78 is 62.8. The predicted molar refractivity (Wildman–Crippen MR) is 155 cm³/mol. The van der Waals surface area contributed by atoms with E-state index >= 15 is 0 Å². The third-order valence-corrected chi connectivity index (χ3v) is 8.07. The molecule has 0 amide bonds. The largest absolute Gasteiger partial charge is 0.477 e. The molecule has 3 aromatic carbocycles. The van der Waals surface area contributed by atoms with Crippen molar-refractivity contribution in [1.82, 2.24) is 9.88 Å². The van der Waals surface area contributed by atoms with Crippen molar-refractivity contribution in [3.63, 3.8) is 0 Å². The van der Waals surface area contributed by atoms with Crippen LogP contribution in [0.2, 0.25) is 0 Å². The number of carbonyl (C=O) groups is 1. The van der Waals surface area contributed by atoms with Crippen LogP contribution in [0.4, 0.5) is 18.9 Å². The molecule has 4 rings (SSSR count). The van der Waals surface area contributed by atoms with Gasteiger partial charge in [-0.3, -0.25) is 0 Å². The average Bonchev–Trinajstić information content (AvgIpc) is 3.28. The maximum absolute atomic E-state index is 12.5. The highest BCUT2D eigenvalue weighted by Gasteiger charge is 2.34. The summed E-state index contributed by atoms with van der Waals surface area (Å²) in [4.78, 5) is 12.1. The molecule has 0 aliphatic heterocycles. The van der Waals surface area contributed by atoms with Crippen molar-refractivity contribution in [3.8, 4) is 0 Å². The van der Waals surface area contributed by atoms with Gasteiger partial charge in [-0.05, 0) is 60.4 Å². The van der Waals surface area contributed by atoms with E-state index < -0.39 is 39.7 Å². The first-order valence-corrected chi connectivity index (χ1v) is 15.0. The topological polar surface area (TPSA) is 121 Å². The fraction of sp³-hybridized carbons (Fsp3) is 0.300. The molecule has 4 N–H and O–H groups in total. The zero-order chi connectivity index (χ0) is 30.5. The summed E-state index contributed by atoms with van der Waals surface area (Å²) in [5.41, 5.74) is 3.48. The average molecular weight is 604 g/mol. The van der Waals surface area contributed by atoms with Gasteiger partial charge in [-0.1, -0.05) is 48.5 Å². The molecule has 0 saturated heterocycles. The Morgan fingerprint density at radius 3 is 2.40 bits per heavy atom. The molecule has 0 fully saturated rings. The number of carboxylic acid groups (broad SMARTS) is 1. The molecule has 42 heavy (non-hydrogen) atoms. The Balaban J connectivity index is 1.46. The lowest BCUT2D eigenvalue weighted by Gasteiger charge is -2.18. The van der Waals surface area contributed by atoms with E-state index in [1.165, 1.54) is 6.07 Å². The lowest BCUT2D eigenvalue weighted by Crippen LogP contribution is -2.32. The monoisotopic (exact) mass is 603 g/mol. The molecule has 0 bridgehead atoms. The molecule has 0 aliphatic carbocycles. The van der Waals surface area contributed by atoms with Crippen molar-refractivity contribution in [1.29, 1.82) is 0 Å². The van der Waals surface area contributed by atoms with Crippen molar-refractivity contribution < 1.29 is 36.6 Å². The zero-order valence-electron chi connectivity index (χ0n) is 22.8. The van der Waals surface area contributed by atoms with Gasteiger partial charge in [0, 0.05) is 35.7 Å². The molecule has 1 aromatic heterocycles. The molecule has 2 unspecified atom stereocenters. The highest BCUT2D eigenvalue weighted by atomic mass is 32.2. The molecule has 12 heteroatoms. The molecule has 0 aliphatic rings. The minimum Gasteiger partial charge on any atom is -0.477 e. The smallest absolute Gasteiger partial charge is 0.402 e. The van der Waals surface area contributed by atoms with E-state index in [1.54, 1.807) is 28.8 Å². The second kappa shape index (κ2) is 13.0. The van der Waals surface area contributed by atoms with Crippen LogP contribution >= 0.6 is 0 Å². The van der Waals surface area contributed by atoms with Gasteiger partial charge >= 0.3 is 12.1 Å². The standard InChI is InChI=1S/C30H32F3N3O5S/c1-20(34-16-28(37)23-7-3-2-4-8-23)12-21-10-11-26-24(13-21)15-27(29(38)39)36(26)17-22-6-5-9-25(14-22)35-19-42(40,41)18-30(31,32)33/h2-11,13-15,20,28,34-35,37H,12,16-19H2,1H3,(H,38,39). The number of aliphatic hydroxyl groups excluding tert-OH is 1. The molecule has 224 valence electrons. The van der Waals surface area contributed by atoms with E-state index in [0.717, 1.165) is 16.5 Å². The number of aliphatic hydroxyl groups is 1. The van der Waals surface area contributed by atoms with Crippen molar-refractivity contribution in [2.75, 3.05) is 23.5 Å². The number of sulfone groups is 1. The van der Waals surface area contributed by atoms with Crippen LogP contribution in [-0.4, -0.2) is 59.6 Å². The Hall–Kier alpha value is -3.87. The number of benzene rings is 3. The fourth-order valence-electron chi connectivity index (χ4n) is 4.78. The summed E-state index contributed by atoms with van der Waals surface area (Å²) in [6.45, 7) is 2.53. The number of carboxylic acids is 1. The van der Waals surface area contributed by atoms with E-state index in [4.69, 9.17) is 0 Å². The Kier molecular flexibility index (Phi) is 9.60. The highest BCUT2D eigenvalue weighted by molar-refractivity contribution is 7.91. The van der Waals surface area contributed by atoms with E-state index in [2.05, 4.69) is 10.6 Å². The summed E-state index contributed by atoms with van der Waals surface area (Å²) in [5, 5.41) is 26.9. The summed E-state index contributed by atoms with van der Waals surface area (Å²) in [7, 11) is -4.42. The summed E-state index contributed by atoms with van der Waals surface area (Å²) in [5.74, 6) is -3.93. The van der Waals surface area contributed by atoms with Crippen LogP contribution in [0.25, 0.3) is 10.9 Å². The maximum atomic E-state index is 12.5. The summed E-state index contributed by atoms with van der Waals surface area (Å²) >= 11 is 0. The molecule has 0 spiro atoms. The van der Waals surface area contributed by atoms with Crippen molar-refractivity contribution in [2.24, 2.45) is 0 Å². The highest BCUT2D eigenvalue weighted by Crippen LogP contribution is 2.25. The van der Waals surface area contributed by atoms with E-state index in [-0.39, 0.29) is 18.3 Å². The zero-order valence-corrected chi connectivity index (χ0v) is 23.6. The minimum absolute atomic E-state index is 0.0389. The summed E-state index contributed by atoms with van der Waals surface area (Å²) in [6, 6.07) is 23.1. The number of aromatic carboxylic acids is 1.